The van der Waals surface area contributed by atoms with E-state index in [4.69, 9.17) is 21.1 Å². The van der Waals surface area contributed by atoms with Crippen molar-refractivity contribution in [2.75, 3.05) is 14.2 Å². The summed E-state index contributed by atoms with van der Waals surface area (Å²) in [6.45, 7) is 0. The van der Waals surface area contributed by atoms with Crippen LogP contribution in [-0.4, -0.2) is 25.3 Å². The Hall–Kier alpha value is -1.42. The van der Waals surface area contributed by atoms with E-state index in [1.165, 1.54) is 14.2 Å². The molecule has 1 N–H and O–H groups in total. The molecule has 0 aromatic heterocycles. The smallest absolute Gasteiger partial charge is 0.314 e. The van der Waals surface area contributed by atoms with Gasteiger partial charge in [-0.25, -0.2) is 0 Å². The highest BCUT2D eigenvalue weighted by Crippen LogP contribution is 2.55. The average Bonchev–Trinajstić information content (AvgIpc) is 3.09. The van der Waals surface area contributed by atoms with Crippen LogP contribution in [0.2, 0.25) is 5.02 Å². The summed E-state index contributed by atoms with van der Waals surface area (Å²) >= 11 is 6.11. The van der Waals surface area contributed by atoms with E-state index in [2.05, 4.69) is 0 Å². The Kier molecular flexibility index (Phi) is 2.91. The lowest BCUT2D eigenvalue weighted by Crippen LogP contribution is -2.21. The molecule has 1 fully saturated rings. The van der Waals surface area contributed by atoms with Crippen LogP contribution >= 0.6 is 11.6 Å². The molecule has 0 aliphatic heterocycles. The molecule has 0 bridgehead atoms. The van der Waals surface area contributed by atoms with Gasteiger partial charge in [-0.1, -0.05) is 11.6 Å². The van der Waals surface area contributed by atoms with Gasteiger partial charge in [0.25, 0.3) is 0 Å². The first-order chi connectivity index (χ1) is 8.06. The Balaban J connectivity index is 2.63. The molecule has 17 heavy (non-hydrogen) atoms. The van der Waals surface area contributed by atoms with Crippen LogP contribution in [0.25, 0.3) is 0 Å². The number of hydrogen-bond acceptors (Lipinski definition) is 3. The number of benzene rings is 1. The quantitative estimate of drug-likeness (QED) is 0.899. The highest BCUT2D eigenvalue weighted by molar-refractivity contribution is 6.32. The summed E-state index contributed by atoms with van der Waals surface area (Å²) in [5.74, 6) is 0.0466. The van der Waals surface area contributed by atoms with E-state index in [9.17, 15) is 9.90 Å². The van der Waals surface area contributed by atoms with Crippen molar-refractivity contribution in [3.8, 4) is 11.5 Å². The number of hydrogen-bond donors (Lipinski definition) is 1. The molecule has 0 radical (unpaired) electrons. The van der Waals surface area contributed by atoms with Crippen molar-refractivity contribution in [3.05, 3.63) is 22.7 Å². The molecule has 5 heteroatoms. The zero-order valence-electron chi connectivity index (χ0n) is 9.62. The second-order valence-corrected chi connectivity index (χ2v) is 4.45. The van der Waals surface area contributed by atoms with Crippen molar-refractivity contribution >= 4 is 17.6 Å². The van der Waals surface area contributed by atoms with Gasteiger partial charge in [-0.3, -0.25) is 4.79 Å². The van der Waals surface area contributed by atoms with Gasteiger partial charge >= 0.3 is 5.97 Å². The van der Waals surface area contributed by atoms with Crippen LogP contribution < -0.4 is 9.47 Å². The Morgan fingerprint density at radius 3 is 2.41 bits per heavy atom. The Labute approximate surface area is 104 Å². The largest absolute Gasteiger partial charge is 0.493 e. The van der Waals surface area contributed by atoms with Gasteiger partial charge < -0.3 is 14.6 Å². The first-order valence-electron chi connectivity index (χ1n) is 5.21. The lowest BCUT2D eigenvalue weighted by Gasteiger charge is -2.18. The second-order valence-electron chi connectivity index (χ2n) is 4.05. The molecule has 4 nitrogen and oxygen atoms in total. The molecule has 1 aromatic carbocycles. The Morgan fingerprint density at radius 2 is 2.00 bits per heavy atom. The van der Waals surface area contributed by atoms with E-state index in [1.807, 2.05) is 0 Å². The number of carboxylic acids is 1. The fraction of sp³-hybridized carbons (Fsp3) is 0.417. The predicted octanol–water partition coefficient (Wildman–Crippen LogP) is 2.47. The summed E-state index contributed by atoms with van der Waals surface area (Å²) < 4.78 is 10.4. The van der Waals surface area contributed by atoms with Gasteiger partial charge in [0, 0.05) is 10.6 Å². The molecular formula is C12H13ClO4. The Bertz CT molecular complexity index is 466. The monoisotopic (exact) mass is 256 g/mol. The zero-order chi connectivity index (χ0) is 12.6. The summed E-state index contributed by atoms with van der Waals surface area (Å²) in [5, 5.41) is 9.72. The number of halogens is 1. The molecule has 0 heterocycles. The van der Waals surface area contributed by atoms with Crippen molar-refractivity contribution in [1.29, 1.82) is 0 Å². The molecule has 0 amide bonds. The lowest BCUT2D eigenvalue weighted by molar-refractivity contribution is -0.140. The molecule has 1 saturated carbocycles. The van der Waals surface area contributed by atoms with E-state index in [0.29, 0.717) is 34.9 Å². The highest BCUT2D eigenvalue weighted by Gasteiger charge is 2.55. The molecule has 92 valence electrons. The molecule has 0 atom stereocenters. The van der Waals surface area contributed by atoms with Crippen LogP contribution in [0, 0.1) is 0 Å². The van der Waals surface area contributed by atoms with Gasteiger partial charge in [-0.05, 0) is 25.0 Å². The third kappa shape index (κ3) is 1.72. The summed E-state index contributed by atoms with van der Waals surface area (Å²) in [6.07, 6.45) is 1.15. The van der Waals surface area contributed by atoms with Gasteiger partial charge in [0.1, 0.15) is 0 Å². The van der Waals surface area contributed by atoms with Crippen LogP contribution in [0.15, 0.2) is 12.1 Å². The van der Waals surface area contributed by atoms with Crippen LogP contribution in [-0.2, 0) is 10.2 Å². The molecule has 0 unspecified atom stereocenters. The van der Waals surface area contributed by atoms with E-state index < -0.39 is 11.4 Å². The van der Waals surface area contributed by atoms with Crippen molar-refractivity contribution in [1.82, 2.24) is 0 Å². The number of methoxy groups -OCH3 is 2. The van der Waals surface area contributed by atoms with Crippen LogP contribution in [0.3, 0.4) is 0 Å². The summed E-state index contributed by atoms with van der Waals surface area (Å²) in [7, 11) is 2.99. The van der Waals surface area contributed by atoms with Gasteiger partial charge in [0.05, 0.1) is 19.6 Å². The fourth-order valence-corrected chi connectivity index (χ4v) is 2.37. The zero-order valence-corrected chi connectivity index (χ0v) is 10.4. The number of carboxylic acid groups (broad SMARTS) is 1. The first-order valence-corrected chi connectivity index (χ1v) is 5.59. The maximum absolute atomic E-state index is 11.3. The third-order valence-electron chi connectivity index (χ3n) is 3.13. The minimum Gasteiger partial charge on any atom is -0.493 e. The number of carbonyl (C=O) groups is 1. The van der Waals surface area contributed by atoms with Gasteiger partial charge in [0.2, 0.25) is 0 Å². The molecule has 0 saturated heterocycles. The molecular weight excluding hydrogens is 244 g/mol. The number of ether oxygens (including phenoxy) is 2. The second kappa shape index (κ2) is 4.11. The maximum atomic E-state index is 11.3. The minimum absolute atomic E-state index is 0.405. The van der Waals surface area contributed by atoms with Gasteiger partial charge in [-0.2, -0.15) is 0 Å². The summed E-state index contributed by atoms with van der Waals surface area (Å²) in [4.78, 5) is 11.3. The van der Waals surface area contributed by atoms with Crippen LogP contribution in [0.1, 0.15) is 18.4 Å². The van der Waals surface area contributed by atoms with Crippen molar-refractivity contribution in [2.24, 2.45) is 0 Å². The van der Waals surface area contributed by atoms with E-state index >= 15 is 0 Å². The van der Waals surface area contributed by atoms with Crippen molar-refractivity contribution < 1.29 is 19.4 Å². The van der Waals surface area contributed by atoms with E-state index in [-0.39, 0.29) is 0 Å². The highest BCUT2D eigenvalue weighted by atomic mass is 35.5. The summed E-state index contributed by atoms with van der Waals surface area (Å²) in [6, 6.07) is 3.31. The van der Waals surface area contributed by atoms with Gasteiger partial charge in [-0.15, -0.1) is 0 Å². The van der Waals surface area contributed by atoms with Gasteiger partial charge in [0.15, 0.2) is 11.5 Å². The molecule has 1 aromatic rings. The number of rotatable bonds is 4. The Morgan fingerprint density at radius 1 is 1.35 bits per heavy atom. The minimum atomic E-state index is -0.906. The van der Waals surface area contributed by atoms with Crippen molar-refractivity contribution in [2.45, 2.75) is 18.3 Å². The molecule has 2 rings (SSSR count). The third-order valence-corrected chi connectivity index (χ3v) is 3.45. The summed E-state index contributed by atoms with van der Waals surface area (Å²) in [5.41, 5.74) is -0.384. The van der Waals surface area contributed by atoms with E-state index in [1.54, 1.807) is 12.1 Å². The molecule has 0 spiro atoms. The standard InChI is InChI=1S/C12H13ClO4/c1-16-8-4-3-7(13)9(10(8)17-2)12(5-6-12)11(14)15/h3-4H,5-6H2,1-2H3,(H,14,15). The van der Waals surface area contributed by atoms with E-state index in [0.717, 1.165) is 0 Å². The normalized spacial score (nSPS) is 16.4. The SMILES string of the molecule is COc1ccc(Cl)c(C2(C(=O)O)CC2)c1OC. The number of aliphatic carboxylic acids is 1. The first kappa shape index (κ1) is 12.0. The van der Waals surface area contributed by atoms with Crippen LogP contribution in [0.4, 0.5) is 0 Å². The topological polar surface area (TPSA) is 55.8 Å². The van der Waals surface area contributed by atoms with Crippen molar-refractivity contribution in [3.63, 3.8) is 0 Å². The van der Waals surface area contributed by atoms with Crippen LogP contribution in [0.5, 0.6) is 11.5 Å². The fourth-order valence-electron chi connectivity index (χ4n) is 2.04. The lowest BCUT2D eigenvalue weighted by atomic mass is 9.94. The predicted molar refractivity (Wildman–Crippen MR) is 63.1 cm³/mol. The average molecular weight is 257 g/mol. The molecule has 1 aliphatic carbocycles. The maximum Gasteiger partial charge on any atom is 0.314 e. The molecule has 1 aliphatic rings.